The van der Waals surface area contributed by atoms with Crippen LogP contribution in [-0.2, 0) is 17.4 Å². The van der Waals surface area contributed by atoms with E-state index in [0.29, 0.717) is 11.7 Å². The minimum atomic E-state index is -4.43. The first-order chi connectivity index (χ1) is 14.9. The fourth-order valence-electron chi connectivity index (χ4n) is 4.05. The molecule has 4 rings (SSSR count). The first-order valence-electron chi connectivity index (χ1n) is 10.5. The van der Waals surface area contributed by atoms with Crippen LogP contribution in [0, 0.1) is 0 Å². The highest BCUT2D eigenvalue weighted by Crippen LogP contribution is 2.32. The van der Waals surface area contributed by atoms with Gasteiger partial charge in [-0.05, 0) is 61.2 Å². The van der Waals surface area contributed by atoms with Gasteiger partial charge in [0.25, 0.3) is 0 Å². The number of aryl methyl sites for hydroxylation is 1. The van der Waals surface area contributed by atoms with Gasteiger partial charge in [0.05, 0.1) is 11.1 Å². The summed E-state index contributed by atoms with van der Waals surface area (Å²) in [6.45, 7) is 0. The van der Waals surface area contributed by atoms with E-state index in [0.717, 1.165) is 35.6 Å². The first-order valence-corrected chi connectivity index (χ1v) is 10.5. The largest absolute Gasteiger partial charge is 0.416 e. The van der Waals surface area contributed by atoms with E-state index in [1.807, 2.05) is 24.3 Å². The predicted octanol–water partition coefficient (Wildman–Crippen LogP) is 6.18. The van der Waals surface area contributed by atoms with Gasteiger partial charge in [-0.1, -0.05) is 31.0 Å². The maximum Gasteiger partial charge on any atom is 0.416 e. The second-order valence-corrected chi connectivity index (χ2v) is 7.93. The van der Waals surface area contributed by atoms with Crippen molar-refractivity contribution >= 4 is 28.3 Å². The molecule has 2 aromatic carbocycles. The standard InChI is InChI=1S/C24H24F3N3O/c25-24(26,27)20-8-4-1-5-16(20)10-14-23(31)29-19-11-12-21-17(15-19)9-13-22(30-21)28-18-6-2-3-7-18/h1,4-5,8-9,11-13,15,18H,2-3,6-7,10,14H2,(H,28,30)(H,29,31). The Morgan fingerprint density at radius 1 is 1.03 bits per heavy atom. The average molecular weight is 427 g/mol. The quantitative estimate of drug-likeness (QED) is 0.494. The number of nitrogens with one attached hydrogen (secondary N) is 2. The summed E-state index contributed by atoms with van der Waals surface area (Å²) in [7, 11) is 0. The van der Waals surface area contributed by atoms with Crippen molar-refractivity contribution in [2.45, 2.75) is 50.7 Å². The molecule has 0 bridgehead atoms. The van der Waals surface area contributed by atoms with Gasteiger partial charge in [0.2, 0.25) is 5.91 Å². The highest BCUT2D eigenvalue weighted by atomic mass is 19.4. The number of amides is 1. The van der Waals surface area contributed by atoms with E-state index in [9.17, 15) is 18.0 Å². The molecule has 1 aromatic heterocycles. The summed E-state index contributed by atoms with van der Waals surface area (Å²) in [6.07, 6.45) is 0.382. The third-order valence-corrected chi connectivity index (χ3v) is 5.62. The van der Waals surface area contributed by atoms with Crippen LogP contribution in [0.1, 0.15) is 43.2 Å². The molecule has 4 nitrogen and oxygen atoms in total. The molecule has 0 aliphatic heterocycles. The zero-order chi connectivity index (χ0) is 21.8. The van der Waals surface area contributed by atoms with Crippen LogP contribution >= 0.6 is 0 Å². The predicted molar refractivity (Wildman–Crippen MR) is 116 cm³/mol. The number of halogens is 3. The number of hydrogen-bond donors (Lipinski definition) is 2. The Hall–Kier alpha value is -3.09. The molecule has 1 aliphatic carbocycles. The van der Waals surface area contributed by atoms with E-state index in [4.69, 9.17) is 0 Å². The lowest BCUT2D eigenvalue weighted by molar-refractivity contribution is -0.138. The number of pyridine rings is 1. The van der Waals surface area contributed by atoms with Crippen LogP contribution in [0.2, 0.25) is 0 Å². The number of alkyl halides is 3. The van der Waals surface area contributed by atoms with Crippen molar-refractivity contribution in [1.82, 2.24) is 4.98 Å². The summed E-state index contributed by atoms with van der Waals surface area (Å²) < 4.78 is 39.3. The Balaban J connectivity index is 1.38. The van der Waals surface area contributed by atoms with Crippen molar-refractivity contribution in [3.8, 4) is 0 Å². The third-order valence-electron chi connectivity index (χ3n) is 5.62. The number of carbonyl (C=O) groups is 1. The first kappa shape index (κ1) is 21.2. The van der Waals surface area contributed by atoms with Crippen molar-refractivity contribution in [2.75, 3.05) is 10.6 Å². The molecule has 0 atom stereocenters. The molecular formula is C24H24F3N3O. The SMILES string of the molecule is O=C(CCc1ccccc1C(F)(F)F)Nc1ccc2nc(NC3CCCC3)ccc2c1. The smallest absolute Gasteiger partial charge is 0.367 e. The van der Waals surface area contributed by atoms with E-state index < -0.39 is 11.7 Å². The number of nitrogens with zero attached hydrogens (tertiary/aromatic N) is 1. The highest BCUT2D eigenvalue weighted by Gasteiger charge is 2.32. The number of carbonyl (C=O) groups excluding carboxylic acids is 1. The molecule has 1 aliphatic rings. The summed E-state index contributed by atoms with van der Waals surface area (Å²) in [4.78, 5) is 16.9. The number of hydrogen-bond acceptors (Lipinski definition) is 3. The van der Waals surface area contributed by atoms with Gasteiger partial charge in [-0.3, -0.25) is 4.79 Å². The fourth-order valence-corrected chi connectivity index (χ4v) is 4.05. The molecular weight excluding hydrogens is 403 g/mol. The summed E-state index contributed by atoms with van der Waals surface area (Å²) in [6, 6.07) is 15.1. The van der Waals surface area contributed by atoms with Gasteiger partial charge < -0.3 is 10.6 Å². The number of benzene rings is 2. The number of anilines is 2. The Labute approximate surface area is 178 Å². The fraction of sp³-hybridized carbons (Fsp3) is 0.333. The third kappa shape index (κ3) is 5.34. The lowest BCUT2D eigenvalue weighted by Gasteiger charge is -2.14. The molecule has 0 unspecified atom stereocenters. The summed E-state index contributed by atoms with van der Waals surface area (Å²) in [5, 5.41) is 7.12. The Bertz CT molecular complexity index is 1080. The Morgan fingerprint density at radius 3 is 2.58 bits per heavy atom. The molecule has 1 saturated carbocycles. The van der Waals surface area contributed by atoms with E-state index >= 15 is 0 Å². The molecule has 7 heteroatoms. The Morgan fingerprint density at radius 2 is 1.81 bits per heavy atom. The molecule has 0 radical (unpaired) electrons. The van der Waals surface area contributed by atoms with Crippen LogP contribution in [0.5, 0.6) is 0 Å². The lowest BCUT2D eigenvalue weighted by atomic mass is 10.0. The van der Waals surface area contributed by atoms with E-state index in [2.05, 4.69) is 15.6 Å². The molecule has 2 N–H and O–H groups in total. The zero-order valence-corrected chi connectivity index (χ0v) is 17.0. The van der Waals surface area contributed by atoms with Crippen LogP contribution in [0.4, 0.5) is 24.7 Å². The second-order valence-electron chi connectivity index (χ2n) is 7.93. The monoisotopic (exact) mass is 427 g/mol. The van der Waals surface area contributed by atoms with Gasteiger partial charge in [-0.2, -0.15) is 13.2 Å². The van der Waals surface area contributed by atoms with E-state index in [-0.39, 0.29) is 24.3 Å². The molecule has 1 fully saturated rings. The minimum Gasteiger partial charge on any atom is -0.367 e. The molecule has 1 amide bonds. The van der Waals surface area contributed by atoms with Gasteiger partial charge in [0.1, 0.15) is 5.82 Å². The number of rotatable bonds is 6. The molecule has 31 heavy (non-hydrogen) atoms. The van der Waals surface area contributed by atoms with Crippen LogP contribution in [0.25, 0.3) is 10.9 Å². The van der Waals surface area contributed by atoms with Gasteiger partial charge in [0, 0.05) is 23.5 Å². The Kier molecular flexibility index (Phi) is 6.11. The topological polar surface area (TPSA) is 54.0 Å². The lowest BCUT2D eigenvalue weighted by Crippen LogP contribution is -2.15. The normalized spacial score (nSPS) is 14.7. The van der Waals surface area contributed by atoms with Gasteiger partial charge in [-0.25, -0.2) is 4.98 Å². The van der Waals surface area contributed by atoms with Gasteiger partial charge >= 0.3 is 6.18 Å². The maximum absolute atomic E-state index is 13.1. The van der Waals surface area contributed by atoms with Crippen molar-refractivity contribution < 1.29 is 18.0 Å². The van der Waals surface area contributed by atoms with Crippen LogP contribution in [-0.4, -0.2) is 16.9 Å². The van der Waals surface area contributed by atoms with E-state index in [1.54, 1.807) is 12.1 Å². The maximum atomic E-state index is 13.1. The minimum absolute atomic E-state index is 0.0207. The van der Waals surface area contributed by atoms with E-state index in [1.165, 1.54) is 25.0 Å². The van der Waals surface area contributed by atoms with Crippen molar-refractivity contribution in [3.63, 3.8) is 0 Å². The average Bonchev–Trinajstić information content (AvgIpc) is 3.25. The summed E-state index contributed by atoms with van der Waals surface area (Å²) in [5.74, 6) is 0.517. The van der Waals surface area contributed by atoms with Gasteiger partial charge in [-0.15, -0.1) is 0 Å². The summed E-state index contributed by atoms with van der Waals surface area (Å²) in [5.41, 5.74) is 0.844. The van der Waals surface area contributed by atoms with Crippen LogP contribution in [0.15, 0.2) is 54.6 Å². The van der Waals surface area contributed by atoms with Crippen LogP contribution < -0.4 is 10.6 Å². The second kappa shape index (κ2) is 8.96. The van der Waals surface area contributed by atoms with Gasteiger partial charge in [0.15, 0.2) is 0 Å². The molecule has 0 spiro atoms. The zero-order valence-electron chi connectivity index (χ0n) is 17.0. The number of aromatic nitrogens is 1. The molecule has 3 aromatic rings. The molecule has 0 saturated heterocycles. The highest BCUT2D eigenvalue weighted by molar-refractivity contribution is 5.94. The molecule has 162 valence electrons. The van der Waals surface area contributed by atoms with Crippen molar-refractivity contribution in [1.29, 1.82) is 0 Å². The van der Waals surface area contributed by atoms with Crippen molar-refractivity contribution in [3.05, 3.63) is 65.7 Å². The summed E-state index contributed by atoms with van der Waals surface area (Å²) >= 11 is 0. The number of fused-ring (bicyclic) bond motifs is 1. The van der Waals surface area contributed by atoms with Crippen LogP contribution in [0.3, 0.4) is 0 Å². The van der Waals surface area contributed by atoms with Crippen molar-refractivity contribution in [2.24, 2.45) is 0 Å². The molecule has 1 heterocycles.